The number of halogens is 2. The average molecular weight is 508 g/mol. The van der Waals surface area contributed by atoms with Crippen molar-refractivity contribution in [3.05, 3.63) is 55.7 Å². The van der Waals surface area contributed by atoms with Crippen LogP contribution in [0.2, 0.25) is 0 Å². The maximum absolute atomic E-state index is 12.1. The number of esters is 1. The van der Waals surface area contributed by atoms with E-state index >= 15 is 0 Å². The third-order valence-corrected chi connectivity index (χ3v) is 4.20. The Kier molecular flexibility index (Phi) is 6.28. The van der Waals surface area contributed by atoms with Crippen LogP contribution in [0.25, 0.3) is 0 Å². The van der Waals surface area contributed by atoms with Crippen molar-refractivity contribution in [3.8, 4) is 11.5 Å². The van der Waals surface area contributed by atoms with E-state index in [1.807, 2.05) is 43.3 Å². The molecule has 2 aromatic rings. The first-order valence-corrected chi connectivity index (χ1v) is 8.63. The molecule has 0 fully saturated rings. The Hall–Kier alpha value is -0.830. The van der Waals surface area contributed by atoms with E-state index in [2.05, 4.69) is 45.2 Å². The summed E-state index contributed by atoms with van der Waals surface area (Å²) < 4.78 is 13.3. The van der Waals surface area contributed by atoms with Crippen LogP contribution in [0, 0.1) is 7.14 Å². The average Bonchev–Trinajstić information content (AvgIpc) is 2.49. The minimum atomic E-state index is -0.607. The summed E-state index contributed by atoms with van der Waals surface area (Å²) in [5.74, 6) is 0.823. The molecule has 0 saturated heterocycles. The molecule has 0 aliphatic rings. The summed E-state index contributed by atoms with van der Waals surface area (Å²) in [6, 6.07) is 14.9. The molecule has 0 saturated carbocycles. The fourth-order valence-electron chi connectivity index (χ4n) is 1.66. The Balaban J connectivity index is 2.01. The molecule has 5 heteroatoms. The van der Waals surface area contributed by atoms with Crippen molar-refractivity contribution in [2.75, 3.05) is 0 Å². The summed E-state index contributed by atoms with van der Waals surface area (Å²) in [6.45, 7) is 1.90. The summed E-state index contributed by atoms with van der Waals surface area (Å²) in [7, 11) is 0. The van der Waals surface area contributed by atoms with E-state index in [1.54, 1.807) is 12.1 Å². The molecule has 0 amide bonds. The number of carbonyl (C=O) groups is 1. The summed E-state index contributed by atoms with van der Waals surface area (Å²) in [5.41, 5.74) is 0. The van der Waals surface area contributed by atoms with Crippen LogP contribution in [0.5, 0.6) is 11.5 Å². The molecule has 2 aromatic carbocycles. The van der Waals surface area contributed by atoms with Crippen LogP contribution in [-0.4, -0.2) is 12.1 Å². The molecule has 0 aliphatic heterocycles. The zero-order valence-corrected chi connectivity index (χ0v) is 15.7. The van der Waals surface area contributed by atoms with E-state index in [0.717, 1.165) is 7.14 Å². The van der Waals surface area contributed by atoms with Gasteiger partial charge in [-0.3, -0.25) is 0 Å². The van der Waals surface area contributed by atoms with Crippen LogP contribution in [-0.2, 0) is 4.79 Å². The molecular formula is C16H14I2O3. The minimum absolute atomic E-state index is 0.378. The fourth-order valence-corrected chi connectivity index (χ4v) is 2.38. The molecule has 0 aromatic heterocycles. The van der Waals surface area contributed by atoms with Gasteiger partial charge in [0.2, 0.25) is 0 Å². The summed E-state index contributed by atoms with van der Waals surface area (Å²) in [5, 5.41) is 0. The highest BCUT2D eigenvalue weighted by Crippen LogP contribution is 2.18. The fraction of sp³-hybridized carbons (Fsp3) is 0.188. The third kappa shape index (κ3) is 5.14. The Morgan fingerprint density at radius 2 is 1.43 bits per heavy atom. The van der Waals surface area contributed by atoms with Gasteiger partial charge in [-0.2, -0.15) is 0 Å². The van der Waals surface area contributed by atoms with Crippen LogP contribution in [0.1, 0.15) is 13.3 Å². The molecule has 2 rings (SSSR count). The van der Waals surface area contributed by atoms with Gasteiger partial charge >= 0.3 is 5.97 Å². The van der Waals surface area contributed by atoms with Crippen LogP contribution >= 0.6 is 45.2 Å². The maximum Gasteiger partial charge on any atom is 0.352 e. The summed E-state index contributed by atoms with van der Waals surface area (Å²) >= 11 is 4.43. The zero-order valence-electron chi connectivity index (χ0n) is 11.4. The molecule has 0 spiro atoms. The van der Waals surface area contributed by atoms with Crippen molar-refractivity contribution in [1.82, 2.24) is 0 Å². The van der Waals surface area contributed by atoms with Crippen molar-refractivity contribution < 1.29 is 14.3 Å². The molecule has 110 valence electrons. The normalized spacial score (nSPS) is 11.8. The second-order valence-corrected chi connectivity index (χ2v) is 6.83. The standard InChI is InChI=1S/C16H14I2O3/c1-2-15(20-13-7-3-11(17)4-8-13)16(19)21-14-9-5-12(18)6-10-14/h3-10,15H,2H2,1H3. The summed E-state index contributed by atoms with van der Waals surface area (Å²) in [6.07, 6.45) is -0.0563. The van der Waals surface area contributed by atoms with E-state index in [-0.39, 0.29) is 5.97 Å². The number of hydrogen-bond acceptors (Lipinski definition) is 3. The number of ether oxygens (including phenoxy) is 2. The predicted octanol–water partition coefficient (Wildman–Crippen LogP) is 4.66. The minimum Gasteiger partial charge on any atom is -0.479 e. The van der Waals surface area contributed by atoms with Gasteiger partial charge in [0.05, 0.1) is 0 Å². The van der Waals surface area contributed by atoms with Gasteiger partial charge in [-0.25, -0.2) is 4.79 Å². The quantitative estimate of drug-likeness (QED) is 0.335. The number of benzene rings is 2. The summed E-state index contributed by atoms with van der Waals surface area (Å²) in [4.78, 5) is 12.1. The first kappa shape index (κ1) is 16.5. The zero-order chi connectivity index (χ0) is 15.2. The van der Waals surface area contributed by atoms with E-state index in [9.17, 15) is 4.79 Å². The largest absolute Gasteiger partial charge is 0.479 e. The molecule has 0 radical (unpaired) electrons. The second kappa shape index (κ2) is 7.98. The molecule has 1 atom stereocenters. The van der Waals surface area contributed by atoms with Gasteiger partial charge in [0, 0.05) is 7.14 Å². The highest BCUT2D eigenvalue weighted by Gasteiger charge is 2.20. The van der Waals surface area contributed by atoms with Gasteiger partial charge in [-0.05, 0) is 100 Å². The van der Waals surface area contributed by atoms with Gasteiger partial charge in [0.25, 0.3) is 0 Å². The second-order valence-electron chi connectivity index (χ2n) is 4.34. The Bertz CT molecular complexity index is 594. The highest BCUT2D eigenvalue weighted by molar-refractivity contribution is 14.1. The SMILES string of the molecule is CCC(Oc1ccc(I)cc1)C(=O)Oc1ccc(I)cc1. The monoisotopic (exact) mass is 508 g/mol. The number of carbonyl (C=O) groups excluding carboxylic acids is 1. The van der Waals surface area contributed by atoms with E-state index < -0.39 is 6.10 Å². The van der Waals surface area contributed by atoms with E-state index in [4.69, 9.17) is 9.47 Å². The first-order chi connectivity index (χ1) is 10.1. The van der Waals surface area contributed by atoms with Crippen LogP contribution in [0.15, 0.2) is 48.5 Å². The first-order valence-electron chi connectivity index (χ1n) is 6.48. The van der Waals surface area contributed by atoms with Gasteiger partial charge in [0.15, 0.2) is 6.10 Å². The molecule has 0 heterocycles. The molecule has 1 unspecified atom stereocenters. The van der Waals surface area contributed by atoms with Gasteiger partial charge in [0.1, 0.15) is 11.5 Å². The Labute approximate surface area is 151 Å². The lowest BCUT2D eigenvalue weighted by molar-refractivity contribution is -0.142. The lowest BCUT2D eigenvalue weighted by Gasteiger charge is -2.16. The van der Waals surface area contributed by atoms with Crippen molar-refractivity contribution in [2.45, 2.75) is 19.4 Å². The lowest BCUT2D eigenvalue weighted by atomic mass is 10.2. The van der Waals surface area contributed by atoms with Crippen molar-refractivity contribution >= 4 is 51.2 Å². The smallest absolute Gasteiger partial charge is 0.352 e. The Morgan fingerprint density at radius 1 is 0.952 bits per heavy atom. The van der Waals surface area contributed by atoms with Crippen LogP contribution in [0.3, 0.4) is 0 Å². The van der Waals surface area contributed by atoms with E-state index in [1.165, 1.54) is 0 Å². The van der Waals surface area contributed by atoms with Gasteiger partial charge in [-0.1, -0.05) is 6.92 Å². The lowest BCUT2D eigenvalue weighted by Crippen LogP contribution is -2.30. The highest BCUT2D eigenvalue weighted by atomic mass is 127. The molecule has 0 bridgehead atoms. The molecule has 0 aliphatic carbocycles. The molecular weight excluding hydrogens is 494 g/mol. The predicted molar refractivity (Wildman–Crippen MR) is 98.7 cm³/mol. The topological polar surface area (TPSA) is 35.5 Å². The van der Waals surface area contributed by atoms with Crippen molar-refractivity contribution in [3.63, 3.8) is 0 Å². The third-order valence-electron chi connectivity index (χ3n) is 2.76. The van der Waals surface area contributed by atoms with Crippen molar-refractivity contribution in [2.24, 2.45) is 0 Å². The molecule has 3 nitrogen and oxygen atoms in total. The van der Waals surface area contributed by atoms with Gasteiger partial charge < -0.3 is 9.47 Å². The van der Waals surface area contributed by atoms with Gasteiger partial charge in [-0.15, -0.1) is 0 Å². The number of hydrogen-bond donors (Lipinski definition) is 0. The van der Waals surface area contributed by atoms with Crippen LogP contribution < -0.4 is 9.47 Å². The molecule has 21 heavy (non-hydrogen) atoms. The molecule has 0 N–H and O–H groups in total. The number of rotatable bonds is 5. The Morgan fingerprint density at radius 3 is 1.90 bits per heavy atom. The van der Waals surface area contributed by atoms with Crippen molar-refractivity contribution in [1.29, 1.82) is 0 Å². The van der Waals surface area contributed by atoms with Crippen LogP contribution in [0.4, 0.5) is 0 Å². The maximum atomic E-state index is 12.1. The van der Waals surface area contributed by atoms with E-state index in [0.29, 0.717) is 17.9 Å².